The molecule has 3 rings (SSSR count). The normalized spacial score (nSPS) is 12.0. The van der Waals surface area contributed by atoms with Crippen molar-refractivity contribution in [1.29, 1.82) is 0 Å². The Hall–Kier alpha value is -2.33. The maximum Gasteiger partial charge on any atom is 0.226 e. The molecule has 118 valence electrons. The third-order valence-corrected chi connectivity index (χ3v) is 4.86. The van der Waals surface area contributed by atoms with E-state index in [1.165, 1.54) is 10.4 Å². The highest BCUT2D eigenvalue weighted by Gasteiger charge is 2.18. The highest BCUT2D eigenvalue weighted by atomic mass is 32.1. The van der Waals surface area contributed by atoms with Gasteiger partial charge in [0.15, 0.2) is 0 Å². The van der Waals surface area contributed by atoms with E-state index in [1.807, 2.05) is 48.1 Å². The van der Waals surface area contributed by atoms with Crippen LogP contribution >= 0.6 is 11.3 Å². The van der Waals surface area contributed by atoms with Crippen molar-refractivity contribution in [2.75, 3.05) is 5.32 Å². The number of rotatable bonds is 6. The molecule has 0 spiro atoms. The van der Waals surface area contributed by atoms with Crippen molar-refractivity contribution in [1.82, 2.24) is 4.57 Å². The maximum atomic E-state index is 12.4. The number of nitrogens with one attached hydrogen (secondary N) is 1. The van der Waals surface area contributed by atoms with Gasteiger partial charge in [-0.1, -0.05) is 25.1 Å². The molecule has 0 radical (unpaired) electrons. The van der Waals surface area contributed by atoms with Crippen molar-refractivity contribution in [3.63, 3.8) is 0 Å². The van der Waals surface area contributed by atoms with Crippen molar-refractivity contribution in [3.05, 3.63) is 76.7 Å². The summed E-state index contributed by atoms with van der Waals surface area (Å²) in [7, 11) is 0. The summed E-state index contributed by atoms with van der Waals surface area (Å²) in [6.07, 6.45) is 5.44. The second-order valence-corrected chi connectivity index (χ2v) is 6.44. The molecular formula is C19H20N2OS. The lowest BCUT2D eigenvalue weighted by atomic mass is 10.1. The fourth-order valence-corrected chi connectivity index (χ4v) is 3.43. The van der Waals surface area contributed by atoms with Gasteiger partial charge in [0.25, 0.3) is 0 Å². The van der Waals surface area contributed by atoms with Gasteiger partial charge in [0.05, 0.1) is 12.5 Å². The molecule has 2 aromatic heterocycles. The topological polar surface area (TPSA) is 34.0 Å². The molecule has 0 saturated carbocycles. The van der Waals surface area contributed by atoms with Crippen LogP contribution in [0.25, 0.3) is 0 Å². The zero-order valence-corrected chi connectivity index (χ0v) is 13.9. The Balaban J connectivity index is 1.71. The van der Waals surface area contributed by atoms with Crippen LogP contribution in [0.5, 0.6) is 0 Å². The molecule has 0 aliphatic rings. The molecule has 0 unspecified atom stereocenters. The zero-order valence-electron chi connectivity index (χ0n) is 13.1. The van der Waals surface area contributed by atoms with Crippen LogP contribution in [0.4, 0.5) is 5.69 Å². The predicted molar refractivity (Wildman–Crippen MR) is 96.0 cm³/mol. The van der Waals surface area contributed by atoms with E-state index in [1.54, 1.807) is 11.3 Å². The molecule has 0 aliphatic carbocycles. The number of hydrogen-bond donors (Lipinski definition) is 1. The van der Waals surface area contributed by atoms with E-state index in [0.717, 1.165) is 12.1 Å². The number of anilines is 1. The first-order valence-corrected chi connectivity index (χ1v) is 8.69. The van der Waals surface area contributed by atoms with E-state index in [9.17, 15) is 4.79 Å². The first-order valence-electron chi connectivity index (χ1n) is 7.81. The summed E-state index contributed by atoms with van der Waals surface area (Å²) in [4.78, 5) is 13.6. The molecule has 3 aromatic rings. The molecule has 23 heavy (non-hydrogen) atoms. The second kappa shape index (κ2) is 7.29. The molecule has 2 heterocycles. The summed E-state index contributed by atoms with van der Waals surface area (Å²) in [5.41, 5.74) is 2.12. The summed E-state index contributed by atoms with van der Waals surface area (Å²) in [5.74, 6) is 0.0290. The van der Waals surface area contributed by atoms with Crippen LogP contribution in [0.3, 0.4) is 0 Å². The minimum Gasteiger partial charge on any atom is -0.346 e. The van der Waals surface area contributed by atoms with E-state index in [0.29, 0.717) is 6.42 Å². The molecule has 4 heteroatoms. The smallest absolute Gasteiger partial charge is 0.226 e. The van der Waals surface area contributed by atoms with Crippen LogP contribution < -0.4 is 5.32 Å². The third-order valence-electron chi connectivity index (χ3n) is 3.88. The van der Waals surface area contributed by atoms with E-state index >= 15 is 0 Å². The Bertz CT molecular complexity index is 696. The van der Waals surface area contributed by atoms with Gasteiger partial charge < -0.3 is 9.88 Å². The van der Waals surface area contributed by atoms with Gasteiger partial charge in [-0.25, -0.2) is 0 Å². The standard InChI is InChI=1S/C19H20N2OS/c1-2-15-7-9-16(10-8-15)20-19(22)14-17(18-6-5-13-23-18)21-11-3-4-12-21/h3-13,17H,2,14H2,1H3,(H,20,22)/t17-/m0/s1. The van der Waals surface area contributed by atoms with Crippen LogP contribution in [-0.4, -0.2) is 10.5 Å². The van der Waals surface area contributed by atoms with E-state index in [-0.39, 0.29) is 11.9 Å². The van der Waals surface area contributed by atoms with E-state index in [4.69, 9.17) is 0 Å². The van der Waals surface area contributed by atoms with Gasteiger partial charge in [0.1, 0.15) is 0 Å². The Kier molecular flexibility index (Phi) is 4.93. The van der Waals surface area contributed by atoms with Crippen LogP contribution in [0, 0.1) is 0 Å². The number of benzene rings is 1. The van der Waals surface area contributed by atoms with Crippen molar-refractivity contribution in [3.8, 4) is 0 Å². The van der Waals surface area contributed by atoms with Crippen molar-refractivity contribution < 1.29 is 4.79 Å². The molecule has 1 N–H and O–H groups in total. The fourth-order valence-electron chi connectivity index (χ4n) is 2.60. The number of aromatic nitrogens is 1. The highest BCUT2D eigenvalue weighted by Crippen LogP contribution is 2.27. The molecule has 1 aromatic carbocycles. The van der Waals surface area contributed by atoms with Crippen LogP contribution in [0.1, 0.15) is 29.8 Å². The summed E-state index contributed by atoms with van der Waals surface area (Å²) >= 11 is 1.68. The molecule has 0 bridgehead atoms. The SMILES string of the molecule is CCc1ccc(NC(=O)C[C@@H](c2cccs2)n2cccc2)cc1. The summed E-state index contributed by atoms with van der Waals surface area (Å²) in [5, 5.41) is 5.05. The lowest BCUT2D eigenvalue weighted by Crippen LogP contribution is -2.19. The van der Waals surface area contributed by atoms with Gasteiger partial charge in [0, 0.05) is 23.0 Å². The van der Waals surface area contributed by atoms with Gasteiger partial charge >= 0.3 is 0 Å². The van der Waals surface area contributed by atoms with Crippen molar-refractivity contribution >= 4 is 22.9 Å². The number of nitrogens with zero attached hydrogens (tertiary/aromatic N) is 1. The van der Waals surface area contributed by atoms with Crippen LogP contribution in [-0.2, 0) is 11.2 Å². The second-order valence-electron chi connectivity index (χ2n) is 5.46. The largest absolute Gasteiger partial charge is 0.346 e. The third kappa shape index (κ3) is 3.90. The molecule has 1 amide bonds. The molecule has 1 atom stereocenters. The van der Waals surface area contributed by atoms with Crippen LogP contribution in [0.2, 0.25) is 0 Å². The molecule has 3 nitrogen and oxygen atoms in total. The monoisotopic (exact) mass is 324 g/mol. The molecule has 0 saturated heterocycles. The average molecular weight is 324 g/mol. The summed E-state index contributed by atoms with van der Waals surface area (Å²) in [6.45, 7) is 2.12. The zero-order chi connectivity index (χ0) is 16.1. The Morgan fingerprint density at radius 2 is 1.87 bits per heavy atom. The van der Waals surface area contributed by atoms with Crippen molar-refractivity contribution in [2.45, 2.75) is 25.8 Å². The summed E-state index contributed by atoms with van der Waals surface area (Å²) in [6, 6.07) is 16.2. The molecular weight excluding hydrogens is 304 g/mol. The number of carbonyl (C=O) groups excluding carboxylic acids is 1. The van der Waals surface area contributed by atoms with Crippen LogP contribution in [0.15, 0.2) is 66.3 Å². The number of aryl methyl sites for hydroxylation is 1. The minimum atomic E-state index is 0.0290. The number of amides is 1. The lowest BCUT2D eigenvalue weighted by Gasteiger charge is -2.17. The van der Waals surface area contributed by atoms with Crippen molar-refractivity contribution in [2.24, 2.45) is 0 Å². The first-order chi connectivity index (χ1) is 11.3. The Labute approximate surface area is 140 Å². The van der Waals surface area contributed by atoms with Gasteiger partial charge in [-0.2, -0.15) is 0 Å². The van der Waals surface area contributed by atoms with Gasteiger partial charge in [-0.05, 0) is 47.7 Å². The average Bonchev–Trinajstić information content (AvgIpc) is 3.27. The summed E-state index contributed by atoms with van der Waals surface area (Å²) < 4.78 is 2.09. The Morgan fingerprint density at radius 3 is 2.48 bits per heavy atom. The number of hydrogen-bond acceptors (Lipinski definition) is 2. The lowest BCUT2D eigenvalue weighted by molar-refractivity contribution is -0.116. The first kappa shape index (κ1) is 15.6. The van der Waals surface area contributed by atoms with E-state index in [2.05, 4.69) is 35.0 Å². The predicted octanol–water partition coefficient (Wildman–Crippen LogP) is 4.73. The Morgan fingerprint density at radius 1 is 1.13 bits per heavy atom. The van der Waals surface area contributed by atoms with E-state index < -0.39 is 0 Å². The highest BCUT2D eigenvalue weighted by molar-refractivity contribution is 7.10. The molecule has 0 fully saturated rings. The number of thiophene rings is 1. The van der Waals surface area contributed by atoms with Gasteiger partial charge in [0.2, 0.25) is 5.91 Å². The van der Waals surface area contributed by atoms with Gasteiger partial charge in [-0.3, -0.25) is 4.79 Å². The quantitative estimate of drug-likeness (QED) is 0.699. The van der Waals surface area contributed by atoms with Gasteiger partial charge in [-0.15, -0.1) is 11.3 Å². The maximum absolute atomic E-state index is 12.4. The fraction of sp³-hybridized carbons (Fsp3) is 0.211. The minimum absolute atomic E-state index is 0.0290. The molecule has 0 aliphatic heterocycles. The number of carbonyl (C=O) groups is 1.